The number of halogens is 1. The lowest BCUT2D eigenvalue weighted by atomic mass is 10.1. The van der Waals surface area contributed by atoms with Crippen LogP contribution in [-0.4, -0.2) is 33.7 Å². The molecule has 0 aliphatic carbocycles. The fraction of sp³-hybridized carbons (Fsp3) is 0.316. The Morgan fingerprint density at radius 3 is 2.27 bits per heavy atom. The summed E-state index contributed by atoms with van der Waals surface area (Å²) < 4.78 is 37.9. The molecular formula is C19H23FN2O3S. The van der Waals surface area contributed by atoms with Gasteiger partial charge in [-0.2, -0.15) is 0 Å². The van der Waals surface area contributed by atoms with Crippen LogP contribution in [0.15, 0.2) is 48.5 Å². The van der Waals surface area contributed by atoms with E-state index in [1.807, 2.05) is 19.1 Å². The lowest BCUT2D eigenvalue weighted by molar-refractivity contribution is -0.119. The van der Waals surface area contributed by atoms with E-state index in [2.05, 4.69) is 17.4 Å². The van der Waals surface area contributed by atoms with Crippen LogP contribution in [0, 0.1) is 12.7 Å². The zero-order chi connectivity index (χ0) is 19.2. The quantitative estimate of drug-likeness (QED) is 0.718. The average molecular weight is 378 g/mol. The van der Waals surface area contributed by atoms with E-state index < -0.39 is 21.7 Å². The van der Waals surface area contributed by atoms with Crippen LogP contribution in [0.1, 0.15) is 17.5 Å². The van der Waals surface area contributed by atoms with Crippen LogP contribution in [0.25, 0.3) is 0 Å². The van der Waals surface area contributed by atoms with Crippen molar-refractivity contribution in [3.63, 3.8) is 0 Å². The molecule has 0 atom stereocenters. The van der Waals surface area contributed by atoms with Gasteiger partial charge in [0.05, 0.1) is 11.9 Å². The molecular weight excluding hydrogens is 355 g/mol. The normalized spacial score (nSPS) is 11.2. The van der Waals surface area contributed by atoms with E-state index in [9.17, 15) is 17.6 Å². The second-order valence-corrected chi connectivity index (χ2v) is 8.09. The van der Waals surface area contributed by atoms with Crippen molar-refractivity contribution in [2.75, 3.05) is 23.7 Å². The molecule has 0 spiro atoms. The second kappa shape index (κ2) is 8.80. The number of aryl methyl sites for hydroxylation is 2. The van der Waals surface area contributed by atoms with Crippen LogP contribution in [-0.2, 0) is 21.2 Å². The number of carbonyl (C=O) groups is 1. The number of benzene rings is 2. The van der Waals surface area contributed by atoms with Gasteiger partial charge in [-0.15, -0.1) is 0 Å². The SMILES string of the molecule is Cc1ccc(CCCNC(=O)CN(c2ccc(F)cc2)S(C)(=O)=O)cc1. The average Bonchev–Trinajstić information content (AvgIpc) is 2.58. The van der Waals surface area contributed by atoms with E-state index in [0.717, 1.165) is 35.5 Å². The Morgan fingerprint density at radius 1 is 1.08 bits per heavy atom. The molecule has 2 rings (SSSR count). The number of anilines is 1. The van der Waals surface area contributed by atoms with E-state index >= 15 is 0 Å². The molecule has 7 heteroatoms. The highest BCUT2D eigenvalue weighted by molar-refractivity contribution is 7.92. The number of nitrogens with one attached hydrogen (secondary N) is 1. The zero-order valence-electron chi connectivity index (χ0n) is 14.9. The van der Waals surface area contributed by atoms with Gasteiger partial charge in [0.25, 0.3) is 0 Å². The third-order valence-corrected chi connectivity index (χ3v) is 5.03. The predicted molar refractivity (Wildman–Crippen MR) is 101 cm³/mol. The smallest absolute Gasteiger partial charge is 0.240 e. The molecule has 0 aliphatic heterocycles. The first kappa shape index (κ1) is 19.9. The third kappa shape index (κ3) is 6.15. The lowest BCUT2D eigenvalue weighted by Crippen LogP contribution is -2.40. The van der Waals surface area contributed by atoms with Gasteiger partial charge >= 0.3 is 0 Å². The topological polar surface area (TPSA) is 66.5 Å². The van der Waals surface area contributed by atoms with Crippen LogP contribution in [0.2, 0.25) is 0 Å². The van der Waals surface area contributed by atoms with Gasteiger partial charge < -0.3 is 5.32 Å². The van der Waals surface area contributed by atoms with Gasteiger partial charge in [0, 0.05) is 6.54 Å². The van der Waals surface area contributed by atoms with Gasteiger partial charge in [-0.25, -0.2) is 12.8 Å². The standard InChI is InChI=1S/C19H23FN2O3S/c1-15-5-7-16(8-6-15)4-3-13-21-19(23)14-22(26(2,24)25)18-11-9-17(20)10-12-18/h5-12H,3-4,13-14H2,1-2H3,(H,21,23). The summed E-state index contributed by atoms with van der Waals surface area (Å²) in [6.07, 6.45) is 2.60. The first-order valence-electron chi connectivity index (χ1n) is 8.31. The molecule has 0 saturated heterocycles. The Labute approximate surface area is 153 Å². The molecule has 26 heavy (non-hydrogen) atoms. The fourth-order valence-corrected chi connectivity index (χ4v) is 3.33. The van der Waals surface area contributed by atoms with Crippen molar-refractivity contribution in [1.29, 1.82) is 0 Å². The highest BCUT2D eigenvalue weighted by Crippen LogP contribution is 2.17. The predicted octanol–water partition coefficient (Wildman–Crippen LogP) is 2.65. The number of hydrogen-bond acceptors (Lipinski definition) is 3. The Kier molecular flexibility index (Phi) is 6.74. The number of rotatable bonds is 8. The fourth-order valence-electron chi connectivity index (χ4n) is 2.47. The summed E-state index contributed by atoms with van der Waals surface area (Å²) in [5, 5.41) is 2.73. The molecule has 0 saturated carbocycles. The third-order valence-electron chi connectivity index (χ3n) is 3.89. The molecule has 0 aliphatic rings. The van der Waals surface area contributed by atoms with E-state index in [1.54, 1.807) is 0 Å². The Balaban J connectivity index is 1.87. The molecule has 0 unspecified atom stereocenters. The summed E-state index contributed by atoms with van der Waals surface area (Å²) in [5.41, 5.74) is 2.64. The minimum atomic E-state index is -3.65. The molecule has 0 fully saturated rings. The first-order chi connectivity index (χ1) is 12.3. The molecule has 140 valence electrons. The van der Waals surface area contributed by atoms with Gasteiger partial charge in [-0.1, -0.05) is 29.8 Å². The number of hydrogen-bond donors (Lipinski definition) is 1. The molecule has 1 amide bonds. The monoisotopic (exact) mass is 378 g/mol. The molecule has 0 radical (unpaired) electrons. The summed E-state index contributed by atoms with van der Waals surface area (Å²) in [7, 11) is -3.65. The minimum absolute atomic E-state index is 0.253. The molecule has 0 heterocycles. The maximum absolute atomic E-state index is 13.0. The molecule has 5 nitrogen and oxygen atoms in total. The summed E-state index contributed by atoms with van der Waals surface area (Å²) in [4.78, 5) is 12.1. The summed E-state index contributed by atoms with van der Waals surface area (Å²) >= 11 is 0. The van der Waals surface area contributed by atoms with Gasteiger partial charge in [0.15, 0.2) is 0 Å². The van der Waals surface area contributed by atoms with E-state index in [-0.39, 0.29) is 12.2 Å². The van der Waals surface area contributed by atoms with Gasteiger partial charge in [-0.3, -0.25) is 9.10 Å². The summed E-state index contributed by atoms with van der Waals surface area (Å²) in [6, 6.07) is 13.2. The number of carbonyl (C=O) groups excluding carboxylic acids is 1. The van der Waals surface area contributed by atoms with Crippen molar-refractivity contribution in [3.05, 3.63) is 65.5 Å². The summed E-state index contributed by atoms with van der Waals surface area (Å²) in [5.74, 6) is -0.869. The maximum atomic E-state index is 13.0. The lowest BCUT2D eigenvalue weighted by Gasteiger charge is -2.21. The molecule has 2 aromatic carbocycles. The number of sulfonamides is 1. The summed E-state index contributed by atoms with van der Waals surface area (Å²) in [6.45, 7) is 2.14. The first-order valence-corrected chi connectivity index (χ1v) is 10.2. The van der Waals surface area contributed by atoms with Crippen molar-refractivity contribution in [2.45, 2.75) is 19.8 Å². The van der Waals surface area contributed by atoms with Gasteiger partial charge in [0.2, 0.25) is 15.9 Å². The molecule has 1 N–H and O–H groups in total. The van der Waals surface area contributed by atoms with Crippen molar-refractivity contribution in [1.82, 2.24) is 5.32 Å². The molecule has 2 aromatic rings. The highest BCUT2D eigenvalue weighted by Gasteiger charge is 2.20. The van der Waals surface area contributed by atoms with Crippen LogP contribution in [0.5, 0.6) is 0 Å². The van der Waals surface area contributed by atoms with Crippen molar-refractivity contribution in [3.8, 4) is 0 Å². The minimum Gasteiger partial charge on any atom is -0.355 e. The maximum Gasteiger partial charge on any atom is 0.240 e. The van der Waals surface area contributed by atoms with E-state index in [1.165, 1.54) is 23.3 Å². The molecule has 0 aromatic heterocycles. The van der Waals surface area contributed by atoms with E-state index in [4.69, 9.17) is 0 Å². The van der Waals surface area contributed by atoms with Crippen LogP contribution in [0.4, 0.5) is 10.1 Å². The number of amides is 1. The second-order valence-electron chi connectivity index (χ2n) is 6.19. The number of nitrogens with zero attached hydrogens (tertiary/aromatic N) is 1. The Morgan fingerprint density at radius 2 is 1.69 bits per heavy atom. The highest BCUT2D eigenvalue weighted by atomic mass is 32.2. The van der Waals surface area contributed by atoms with Crippen molar-refractivity contribution in [2.24, 2.45) is 0 Å². The van der Waals surface area contributed by atoms with Crippen LogP contribution >= 0.6 is 0 Å². The van der Waals surface area contributed by atoms with E-state index in [0.29, 0.717) is 6.54 Å². The zero-order valence-corrected chi connectivity index (χ0v) is 15.7. The van der Waals surface area contributed by atoms with Crippen molar-refractivity contribution >= 4 is 21.6 Å². The van der Waals surface area contributed by atoms with Crippen LogP contribution in [0.3, 0.4) is 0 Å². The molecule has 0 bridgehead atoms. The van der Waals surface area contributed by atoms with Gasteiger partial charge in [-0.05, 0) is 49.6 Å². The largest absolute Gasteiger partial charge is 0.355 e. The van der Waals surface area contributed by atoms with Crippen LogP contribution < -0.4 is 9.62 Å². The van der Waals surface area contributed by atoms with Crippen molar-refractivity contribution < 1.29 is 17.6 Å². The van der Waals surface area contributed by atoms with Gasteiger partial charge in [0.1, 0.15) is 12.4 Å². The Bertz CT molecular complexity index is 834. The Hall–Kier alpha value is -2.41.